The number of fused-ring (bicyclic) bond motifs is 1. The van der Waals surface area contributed by atoms with Gasteiger partial charge in [-0.3, -0.25) is 0 Å². The van der Waals surface area contributed by atoms with E-state index in [4.69, 9.17) is 19.3 Å². The van der Waals surface area contributed by atoms with E-state index < -0.39 is 61.5 Å². The van der Waals surface area contributed by atoms with Crippen LogP contribution >= 0.6 is 0 Å². The van der Waals surface area contributed by atoms with E-state index >= 15 is 0 Å². The maximum Gasteiger partial charge on any atom is 0.336 e. The molecule has 1 heterocycles. The van der Waals surface area contributed by atoms with Crippen LogP contribution in [0.2, 0.25) is 0 Å². The Labute approximate surface area is 199 Å². The van der Waals surface area contributed by atoms with Gasteiger partial charge in [0.05, 0.1) is 24.7 Å². The Morgan fingerprint density at radius 1 is 1.26 bits per heavy atom. The van der Waals surface area contributed by atoms with Crippen molar-refractivity contribution in [3.8, 4) is 0 Å². The number of esters is 3. The van der Waals surface area contributed by atoms with Gasteiger partial charge in [-0.1, -0.05) is 32.1 Å². The topological polar surface area (TPSA) is 140 Å². The molecule has 0 aromatic heterocycles. The Balaban J connectivity index is 2.39. The summed E-state index contributed by atoms with van der Waals surface area (Å²) in [5, 5.41) is 28.6. The summed E-state index contributed by atoms with van der Waals surface area (Å²) in [5.41, 5.74) is 1.45. The molecule has 0 aromatic carbocycles. The average molecular weight is 479 g/mol. The molecule has 0 amide bonds. The molecule has 188 valence electrons. The number of hydrogen-bond acceptors (Lipinski definition) is 9. The Hall–Kier alpha value is -2.75. The van der Waals surface area contributed by atoms with E-state index in [0.717, 1.165) is 11.6 Å². The Kier molecular flexibility index (Phi) is 9.78. The van der Waals surface area contributed by atoms with Crippen LogP contribution in [0.4, 0.5) is 0 Å². The zero-order chi connectivity index (χ0) is 25.6. The summed E-state index contributed by atoms with van der Waals surface area (Å²) in [6, 6.07) is 0. The number of hydrogen-bond donors (Lipinski definition) is 3. The zero-order valence-electron chi connectivity index (χ0n) is 20.0. The van der Waals surface area contributed by atoms with E-state index in [0.29, 0.717) is 12.0 Å². The van der Waals surface area contributed by atoms with E-state index in [-0.39, 0.29) is 23.5 Å². The maximum atomic E-state index is 12.6. The fourth-order valence-electron chi connectivity index (χ4n) is 3.84. The van der Waals surface area contributed by atoms with Crippen molar-refractivity contribution >= 4 is 17.9 Å². The van der Waals surface area contributed by atoms with Crippen LogP contribution in [-0.4, -0.2) is 70.9 Å². The van der Waals surface area contributed by atoms with Gasteiger partial charge in [0.2, 0.25) is 0 Å². The smallest absolute Gasteiger partial charge is 0.336 e. The van der Waals surface area contributed by atoms with Crippen molar-refractivity contribution in [2.45, 2.75) is 65.0 Å². The lowest BCUT2D eigenvalue weighted by Gasteiger charge is -2.29. The molecule has 9 nitrogen and oxygen atoms in total. The number of carbonyl (C=O) groups is 3. The number of ether oxygens (including phenoxy) is 3. The van der Waals surface area contributed by atoms with Gasteiger partial charge in [0, 0.05) is 18.4 Å². The van der Waals surface area contributed by atoms with Crippen molar-refractivity contribution in [2.75, 3.05) is 13.2 Å². The minimum atomic E-state index is -1.26. The van der Waals surface area contributed by atoms with Gasteiger partial charge >= 0.3 is 17.9 Å². The van der Waals surface area contributed by atoms with Gasteiger partial charge in [-0.2, -0.15) is 0 Å². The molecule has 0 aromatic rings. The highest BCUT2D eigenvalue weighted by molar-refractivity contribution is 5.92. The van der Waals surface area contributed by atoms with Crippen LogP contribution in [0.3, 0.4) is 0 Å². The van der Waals surface area contributed by atoms with E-state index in [9.17, 15) is 24.6 Å². The lowest BCUT2D eigenvalue weighted by atomic mass is 9.85. The molecule has 2 aliphatic rings. The largest absolute Gasteiger partial charge is 0.458 e. The molecule has 1 fully saturated rings. The second kappa shape index (κ2) is 12.1. The summed E-state index contributed by atoms with van der Waals surface area (Å²) >= 11 is 0. The van der Waals surface area contributed by atoms with Crippen molar-refractivity contribution in [3.05, 3.63) is 47.1 Å². The Morgan fingerprint density at radius 2 is 1.94 bits per heavy atom. The highest BCUT2D eigenvalue weighted by Crippen LogP contribution is 2.37. The second-order valence-corrected chi connectivity index (χ2v) is 8.95. The van der Waals surface area contributed by atoms with Crippen LogP contribution in [0.5, 0.6) is 0 Å². The molecule has 0 bridgehead atoms. The highest BCUT2D eigenvalue weighted by atomic mass is 16.6. The Morgan fingerprint density at radius 3 is 2.53 bits per heavy atom. The van der Waals surface area contributed by atoms with Crippen molar-refractivity contribution in [3.63, 3.8) is 0 Å². The van der Waals surface area contributed by atoms with Gasteiger partial charge in [-0.05, 0) is 37.5 Å². The minimum Gasteiger partial charge on any atom is -0.458 e. The maximum absolute atomic E-state index is 12.6. The third-order valence-electron chi connectivity index (χ3n) is 5.96. The third-order valence-corrected chi connectivity index (χ3v) is 5.96. The zero-order valence-corrected chi connectivity index (χ0v) is 20.0. The summed E-state index contributed by atoms with van der Waals surface area (Å²) in [6.45, 7) is 9.73. The van der Waals surface area contributed by atoms with Crippen molar-refractivity contribution in [1.29, 1.82) is 0 Å². The molecule has 5 atom stereocenters. The first-order valence-electron chi connectivity index (χ1n) is 11.2. The first-order chi connectivity index (χ1) is 16.0. The van der Waals surface area contributed by atoms with Gasteiger partial charge in [0.25, 0.3) is 0 Å². The molecule has 2 rings (SSSR count). The summed E-state index contributed by atoms with van der Waals surface area (Å²) in [5.74, 6) is -3.19. The van der Waals surface area contributed by atoms with Gasteiger partial charge in [-0.15, -0.1) is 0 Å². The van der Waals surface area contributed by atoms with Gasteiger partial charge in [-0.25, -0.2) is 14.4 Å². The second-order valence-electron chi connectivity index (χ2n) is 8.95. The lowest BCUT2D eigenvalue weighted by Crippen LogP contribution is -2.35. The number of aliphatic hydroxyl groups excluding tert-OH is 3. The van der Waals surface area contributed by atoms with Crippen LogP contribution in [-0.2, 0) is 28.6 Å². The number of aliphatic hydroxyl groups is 3. The van der Waals surface area contributed by atoms with Gasteiger partial charge in [0.15, 0.2) is 6.10 Å². The number of carbonyl (C=O) groups excluding carboxylic acids is 3. The van der Waals surface area contributed by atoms with Gasteiger partial charge in [0.1, 0.15) is 18.3 Å². The fourth-order valence-corrected chi connectivity index (χ4v) is 3.84. The van der Waals surface area contributed by atoms with Crippen LogP contribution in [0.1, 0.15) is 40.5 Å². The molecule has 1 aliphatic carbocycles. The molecule has 1 unspecified atom stereocenters. The SMILES string of the molecule is C=C1C(=O)O[C@H]2/C=C(/C)[C@@H](OC(=O)C(O)C(C)C)C/C=C(\C)C[C@@H](OC(=O)/C(=C\CO)CO)[C@@H]12. The molecule has 0 radical (unpaired) electrons. The monoisotopic (exact) mass is 478 g/mol. The lowest BCUT2D eigenvalue weighted by molar-refractivity contribution is -0.159. The van der Waals surface area contributed by atoms with E-state index in [1.54, 1.807) is 26.8 Å². The quantitative estimate of drug-likeness (QED) is 0.215. The molecule has 3 N–H and O–H groups in total. The molecule has 9 heteroatoms. The van der Waals surface area contributed by atoms with Crippen molar-refractivity contribution in [2.24, 2.45) is 11.8 Å². The first-order valence-corrected chi connectivity index (χ1v) is 11.2. The fraction of sp³-hybridized carbons (Fsp3) is 0.560. The van der Waals surface area contributed by atoms with E-state index in [2.05, 4.69) is 6.58 Å². The van der Waals surface area contributed by atoms with Crippen LogP contribution in [0.15, 0.2) is 47.1 Å². The Bertz CT molecular complexity index is 896. The summed E-state index contributed by atoms with van der Waals surface area (Å²) < 4.78 is 16.7. The molecular weight excluding hydrogens is 444 g/mol. The molecule has 1 saturated heterocycles. The number of rotatable bonds is 7. The normalized spacial score (nSPS) is 29.8. The van der Waals surface area contributed by atoms with Crippen LogP contribution in [0.25, 0.3) is 0 Å². The minimum absolute atomic E-state index is 0.101. The summed E-state index contributed by atoms with van der Waals surface area (Å²) in [6.07, 6.45) is 1.60. The van der Waals surface area contributed by atoms with E-state index in [1.165, 1.54) is 0 Å². The molecule has 0 saturated carbocycles. The predicted molar refractivity (Wildman–Crippen MR) is 122 cm³/mol. The van der Waals surface area contributed by atoms with Crippen LogP contribution < -0.4 is 0 Å². The molecule has 34 heavy (non-hydrogen) atoms. The standard InChI is InChI=1S/C25H34O9/c1-13(2)22(28)25(31)32-18-7-6-14(3)10-19(34-24(30)17(12-27)8-9-26)21-16(5)23(29)33-20(21)11-15(18)4/h6,8,11,13,18-22,26-28H,5,7,9-10,12H2,1-4H3/b14-6+,15-11-,17-8-/t18-,19+,20-,21+,22?/m0/s1. The summed E-state index contributed by atoms with van der Waals surface area (Å²) in [4.78, 5) is 37.3. The van der Waals surface area contributed by atoms with Gasteiger partial charge < -0.3 is 29.5 Å². The third kappa shape index (κ3) is 6.65. The van der Waals surface area contributed by atoms with Crippen LogP contribution in [0, 0.1) is 11.8 Å². The molecule has 1 aliphatic heterocycles. The average Bonchev–Trinajstić information content (AvgIpc) is 3.05. The van der Waals surface area contributed by atoms with Crippen molar-refractivity contribution in [1.82, 2.24) is 0 Å². The first kappa shape index (κ1) is 27.5. The molecular formula is C25H34O9. The van der Waals surface area contributed by atoms with Crippen molar-refractivity contribution < 1.29 is 43.9 Å². The van der Waals surface area contributed by atoms with E-state index in [1.807, 2.05) is 13.0 Å². The molecule has 0 spiro atoms. The predicted octanol–water partition coefficient (Wildman–Crippen LogP) is 1.52. The highest BCUT2D eigenvalue weighted by Gasteiger charge is 2.45. The summed E-state index contributed by atoms with van der Waals surface area (Å²) in [7, 11) is 0.